The maximum atomic E-state index is 11.8. The molecule has 6 heteroatoms. The van der Waals surface area contributed by atoms with Gasteiger partial charge in [0.2, 0.25) is 0 Å². The largest absolute Gasteiger partial charge is 0.468 e. The van der Waals surface area contributed by atoms with Crippen molar-refractivity contribution in [2.24, 2.45) is 0 Å². The number of methoxy groups -OCH3 is 3. The molecule has 1 aliphatic rings. The van der Waals surface area contributed by atoms with E-state index in [2.05, 4.69) is 10.2 Å². The predicted octanol–water partition coefficient (Wildman–Crippen LogP) is 0.265. The van der Waals surface area contributed by atoms with Gasteiger partial charge in [-0.25, -0.2) is 0 Å². The zero-order chi connectivity index (χ0) is 14.8. The smallest absolute Gasteiger partial charge is 0.324 e. The van der Waals surface area contributed by atoms with Gasteiger partial charge < -0.3 is 19.5 Å². The molecule has 1 N–H and O–H groups in total. The molecule has 118 valence electrons. The number of carbonyl (C=O) groups is 1. The van der Waals surface area contributed by atoms with Gasteiger partial charge in [-0.1, -0.05) is 0 Å². The van der Waals surface area contributed by atoms with Gasteiger partial charge in [0.05, 0.1) is 13.7 Å². The van der Waals surface area contributed by atoms with Crippen LogP contribution in [-0.4, -0.2) is 77.1 Å². The molecule has 0 heterocycles. The van der Waals surface area contributed by atoms with Crippen molar-refractivity contribution >= 4 is 5.97 Å². The Balaban J connectivity index is 2.44. The van der Waals surface area contributed by atoms with Crippen molar-refractivity contribution < 1.29 is 19.0 Å². The molecule has 1 atom stereocenters. The van der Waals surface area contributed by atoms with Gasteiger partial charge in [-0.2, -0.15) is 0 Å². The van der Waals surface area contributed by atoms with Crippen LogP contribution in [-0.2, 0) is 19.0 Å². The maximum Gasteiger partial charge on any atom is 0.324 e. The highest BCUT2D eigenvalue weighted by Crippen LogP contribution is 2.19. The van der Waals surface area contributed by atoms with E-state index < -0.39 is 0 Å². The number of rotatable bonds is 12. The number of esters is 1. The molecule has 0 aromatic rings. The lowest BCUT2D eigenvalue weighted by molar-refractivity contribution is -0.143. The molecule has 20 heavy (non-hydrogen) atoms. The molecule has 0 aromatic carbocycles. The van der Waals surface area contributed by atoms with Crippen molar-refractivity contribution in [1.82, 2.24) is 10.2 Å². The summed E-state index contributed by atoms with van der Waals surface area (Å²) >= 11 is 0. The molecule has 1 fully saturated rings. The fourth-order valence-electron chi connectivity index (χ4n) is 2.08. The van der Waals surface area contributed by atoms with Gasteiger partial charge in [0, 0.05) is 46.5 Å². The van der Waals surface area contributed by atoms with E-state index in [1.807, 2.05) is 0 Å². The average molecular weight is 288 g/mol. The summed E-state index contributed by atoms with van der Waals surface area (Å²) in [4.78, 5) is 14.1. The van der Waals surface area contributed by atoms with E-state index >= 15 is 0 Å². The summed E-state index contributed by atoms with van der Waals surface area (Å²) in [5.74, 6) is -0.189. The summed E-state index contributed by atoms with van der Waals surface area (Å²) < 4.78 is 15.1. The number of carbonyl (C=O) groups excluding carboxylic acids is 1. The molecular formula is C14H28N2O4. The van der Waals surface area contributed by atoms with Crippen molar-refractivity contribution in [3.8, 4) is 0 Å². The van der Waals surface area contributed by atoms with Gasteiger partial charge in [-0.3, -0.25) is 9.69 Å². The van der Waals surface area contributed by atoms with E-state index in [9.17, 15) is 4.79 Å². The van der Waals surface area contributed by atoms with Crippen LogP contribution in [0.25, 0.3) is 0 Å². The van der Waals surface area contributed by atoms with E-state index in [4.69, 9.17) is 14.2 Å². The molecular weight excluding hydrogens is 260 g/mol. The Kier molecular flexibility index (Phi) is 8.77. The first-order valence-corrected chi connectivity index (χ1v) is 7.25. The van der Waals surface area contributed by atoms with Crippen molar-refractivity contribution in [1.29, 1.82) is 0 Å². The third-order valence-corrected chi connectivity index (χ3v) is 3.38. The Morgan fingerprint density at radius 3 is 2.45 bits per heavy atom. The molecule has 0 aromatic heterocycles. The normalized spacial score (nSPS) is 16.4. The van der Waals surface area contributed by atoms with Crippen molar-refractivity contribution in [2.45, 2.75) is 31.3 Å². The summed E-state index contributed by atoms with van der Waals surface area (Å²) in [6.07, 6.45) is 3.24. The average Bonchev–Trinajstić information content (AvgIpc) is 3.27. The van der Waals surface area contributed by atoms with Crippen LogP contribution in [0.5, 0.6) is 0 Å². The van der Waals surface area contributed by atoms with Crippen LogP contribution in [0.2, 0.25) is 0 Å². The second kappa shape index (κ2) is 10.1. The van der Waals surface area contributed by atoms with Crippen LogP contribution < -0.4 is 5.32 Å². The number of hydrogen-bond donors (Lipinski definition) is 1. The van der Waals surface area contributed by atoms with Gasteiger partial charge in [0.1, 0.15) is 6.04 Å². The highest BCUT2D eigenvalue weighted by molar-refractivity contribution is 5.76. The Morgan fingerprint density at radius 1 is 1.20 bits per heavy atom. The molecule has 0 bridgehead atoms. The predicted molar refractivity (Wildman–Crippen MR) is 76.8 cm³/mol. The fraction of sp³-hybridized carbons (Fsp3) is 0.929. The molecule has 0 radical (unpaired) electrons. The third kappa shape index (κ3) is 7.19. The Hall–Kier alpha value is -0.690. The SMILES string of the molecule is COCCCN(CCOC)CC(NC1CC1)C(=O)OC. The van der Waals surface area contributed by atoms with E-state index in [0.29, 0.717) is 19.2 Å². The molecule has 0 aliphatic heterocycles. The first-order chi connectivity index (χ1) is 9.71. The zero-order valence-corrected chi connectivity index (χ0v) is 12.9. The fourth-order valence-corrected chi connectivity index (χ4v) is 2.08. The van der Waals surface area contributed by atoms with E-state index in [1.165, 1.54) is 7.11 Å². The minimum absolute atomic E-state index is 0.189. The summed E-state index contributed by atoms with van der Waals surface area (Å²) in [6.45, 7) is 3.72. The van der Waals surface area contributed by atoms with Crippen LogP contribution in [0.3, 0.4) is 0 Å². The Labute approximate surface area is 121 Å². The first-order valence-electron chi connectivity index (χ1n) is 7.25. The quantitative estimate of drug-likeness (QED) is 0.411. The Morgan fingerprint density at radius 2 is 1.90 bits per heavy atom. The molecule has 0 spiro atoms. The first kappa shape index (κ1) is 17.4. The number of nitrogens with zero attached hydrogens (tertiary/aromatic N) is 1. The van der Waals surface area contributed by atoms with Gasteiger partial charge in [0.15, 0.2) is 0 Å². The second-order valence-electron chi connectivity index (χ2n) is 5.16. The highest BCUT2D eigenvalue weighted by atomic mass is 16.5. The lowest BCUT2D eigenvalue weighted by Crippen LogP contribution is -2.48. The van der Waals surface area contributed by atoms with Crippen LogP contribution in [0.1, 0.15) is 19.3 Å². The second-order valence-corrected chi connectivity index (χ2v) is 5.16. The van der Waals surface area contributed by atoms with Crippen LogP contribution in [0, 0.1) is 0 Å². The van der Waals surface area contributed by atoms with Gasteiger partial charge in [-0.05, 0) is 19.3 Å². The van der Waals surface area contributed by atoms with Gasteiger partial charge in [-0.15, -0.1) is 0 Å². The van der Waals surface area contributed by atoms with Crippen LogP contribution in [0.15, 0.2) is 0 Å². The minimum Gasteiger partial charge on any atom is -0.468 e. The third-order valence-electron chi connectivity index (χ3n) is 3.38. The molecule has 0 saturated heterocycles. The van der Waals surface area contributed by atoms with Crippen LogP contribution >= 0.6 is 0 Å². The van der Waals surface area contributed by atoms with E-state index in [0.717, 1.165) is 39.0 Å². The topological polar surface area (TPSA) is 60.0 Å². The summed E-state index contributed by atoms with van der Waals surface area (Å²) in [5, 5.41) is 3.35. The highest BCUT2D eigenvalue weighted by Gasteiger charge is 2.30. The molecule has 1 saturated carbocycles. The number of ether oxygens (including phenoxy) is 3. The zero-order valence-electron chi connectivity index (χ0n) is 12.9. The standard InChI is InChI=1S/C14H28N2O4/c1-18-9-4-7-16(8-10-19-2)11-13(14(17)20-3)15-12-5-6-12/h12-13,15H,4-11H2,1-3H3. The van der Waals surface area contributed by atoms with E-state index in [-0.39, 0.29) is 12.0 Å². The molecule has 1 rings (SSSR count). The number of nitrogens with one attached hydrogen (secondary N) is 1. The van der Waals surface area contributed by atoms with Crippen molar-refractivity contribution in [2.75, 3.05) is 54.2 Å². The molecule has 1 unspecified atom stereocenters. The number of hydrogen-bond acceptors (Lipinski definition) is 6. The summed E-state index contributed by atoms with van der Waals surface area (Å²) in [5.41, 5.74) is 0. The summed E-state index contributed by atoms with van der Waals surface area (Å²) in [7, 11) is 4.83. The van der Waals surface area contributed by atoms with Crippen molar-refractivity contribution in [3.63, 3.8) is 0 Å². The van der Waals surface area contributed by atoms with Gasteiger partial charge in [0.25, 0.3) is 0 Å². The van der Waals surface area contributed by atoms with Crippen LogP contribution in [0.4, 0.5) is 0 Å². The minimum atomic E-state index is -0.257. The monoisotopic (exact) mass is 288 g/mol. The van der Waals surface area contributed by atoms with Crippen molar-refractivity contribution in [3.05, 3.63) is 0 Å². The molecule has 0 amide bonds. The molecule has 6 nitrogen and oxygen atoms in total. The lowest BCUT2D eigenvalue weighted by atomic mass is 10.2. The van der Waals surface area contributed by atoms with Gasteiger partial charge >= 0.3 is 5.97 Å². The summed E-state index contributed by atoms with van der Waals surface area (Å²) in [6, 6.07) is 0.217. The van der Waals surface area contributed by atoms with E-state index in [1.54, 1.807) is 14.2 Å². The lowest BCUT2D eigenvalue weighted by Gasteiger charge is -2.26. The Bertz CT molecular complexity index is 272. The maximum absolute atomic E-state index is 11.8. The molecule has 1 aliphatic carbocycles.